The van der Waals surface area contributed by atoms with Gasteiger partial charge in [-0.3, -0.25) is 14.2 Å². The molecule has 230 valence electrons. The first kappa shape index (κ1) is 29.8. The highest BCUT2D eigenvalue weighted by Crippen LogP contribution is 2.25. The van der Waals surface area contributed by atoms with E-state index in [9.17, 15) is 18.4 Å². The number of anilines is 3. The zero-order chi connectivity index (χ0) is 31.5. The van der Waals surface area contributed by atoms with Crippen LogP contribution in [0.2, 0.25) is 0 Å². The largest absolute Gasteiger partial charge is 0.369 e. The third-order valence-corrected chi connectivity index (χ3v) is 7.64. The molecule has 0 bridgehead atoms. The van der Waals surface area contributed by atoms with Crippen molar-refractivity contribution in [3.63, 3.8) is 0 Å². The number of amides is 1. The molecule has 3 heterocycles. The number of halogens is 2. The van der Waals surface area contributed by atoms with Crippen molar-refractivity contribution < 1.29 is 13.6 Å². The fourth-order valence-electron chi connectivity index (χ4n) is 5.39. The Balaban J connectivity index is 1.08. The summed E-state index contributed by atoms with van der Waals surface area (Å²) in [5.41, 5.74) is 3.62. The molecule has 12 heteroatoms. The molecular formula is C33H32F2N8O2. The fraction of sp³-hybridized carbons (Fsp3) is 0.242. The van der Waals surface area contributed by atoms with Gasteiger partial charge in [-0.25, -0.2) is 23.7 Å². The minimum atomic E-state index is -1.01. The molecule has 1 fully saturated rings. The van der Waals surface area contributed by atoms with Crippen LogP contribution in [-0.4, -0.2) is 63.6 Å². The summed E-state index contributed by atoms with van der Waals surface area (Å²) < 4.78 is 28.1. The normalized spacial score (nSPS) is 14.7. The smallest absolute Gasteiger partial charge is 0.266 e. The van der Waals surface area contributed by atoms with Gasteiger partial charge < -0.3 is 20.4 Å². The van der Waals surface area contributed by atoms with E-state index in [0.717, 1.165) is 41.0 Å². The van der Waals surface area contributed by atoms with Gasteiger partial charge in [0.05, 0.1) is 18.4 Å². The Hall–Kier alpha value is -5.23. The van der Waals surface area contributed by atoms with Crippen LogP contribution in [0.15, 0.2) is 84.2 Å². The predicted molar refractivity (Wildman–Crippen MR) is 169 cm³/mol. The van der Waals surface area contributed by atoms with Gasteiger partial charge in [0.15, 0.2) is 11.6 Å². The van der Waals surface area contributed by atoms with E-state index in [4.69, 9.17) is 0 Å². The van der Waals surface area contributed by atoms with Crippen LogP contribution >= 0.6 is 0 Å². The molecule has 45 heavy (non-hydrogen) atoms. The van der Waals surface area contributed by atoms with Crippen molar-refractivity contribution in [1.29, 1.82) is 0 Å². The van der Waals surface area contributed by atoms with Gasteiger partial charge in [-0.15, -0.1) is 0 Å². The SMILES string of the molecule is CN(C)Cc1ccc(Nc2ncc3cc(N4CCC(NC(=O)c5cncn(Cc6ccc(F)c(F)c6)c5=O)C4)ccc3n2)cc1. The Morgan fingerprint density at radius 3 is 2.58 bits per heavy atom. The zero-order valence-corrected chi connectivity index (χ0v) is 24.9. The molecule has 6 rings (SSSR count). The molecule has 2 N–H and O–H groups in total. The van der Waals surface area contributed by atoms with E-state index in [0.29, 0.717) is 31.0 Å². The van der Waals surface area contributed by atoms with E-state index in [1.807, 2.05) is 44.4 Å². The quantitative estimate of drug-likeness (QED) is 0.254. The second-order valence-electron chi connectivity index (χ2n) is 11.4. The average molecular weight is 611 g/mol. The highest BCUT2D eigenvalue weighted by atomic mass is 19.2. The van der Waals surface area contributed by atoms with Crippen molar-refractivity contribution in [2.45, 2.75) is 25.6 Å². The lowest BCUT2D eigenvalue weighted by Gasteiger charge is -2.19. The Labute approximate surface area is 258 Å². The van der Waals surface area contributed by atoms with Crippen molar-refractivity contribution in [3.8, 4) is 0 Å². The summed E-state index contributed by atoms with van der Waals surface area (Å²) >= 11 is 0. The zero-order valence-electron chi connectivity index (χ0n) is 24.9. The van der Waals surface area contributed by atoms with Gasteiger partial charge in [0.25, 0.3) is 11.5 Å². The summed E-state index contributed by atoms with van der Waals surface area (Å²) in [6.45, 7) is 2.10. The van der Waals surface area contributed by atoms with Gasteiger partial charge in [0.1, 0.15) is 5.56 Å². The topological polar surface area (TPSA) is 108 Å². The Kier molecular flexibility index (Phi) is 8.47. The van der Waals surface area contributed by atoms with Crippen molar-refractivity contribution in [3.05, 3.63) is 118 Å². The second kappa shape index (κ2) is 12.8. The van der Waals surface area contributed by atoms with Gasteiger partial charge in [-0.2, -0.15) is 0 Å². The van der Waals surface area contributed by atoms with Gasteiger partial charge in [0.2, 0.25) is 5.95 Å². The fourth-order valence-corrected chi connectivity index (χ4v) is 5.39. The van der Waals surface area contributed by atoms with Crippen LogP contribution in [0.5, 0.6) is 0 Å². The first-order valence-electron chi connectivity index (χ1n) is 14.5. The summed E-state index contributed by atoms with van der Waals surface area (Å²) in [7, 11) is 4.07. The highest BCUT2D eigenvalue weighted by Gasteiger charge is 2.26. The van der Waals surface area contributed by atoms with Gasteiger partial charge >= 0.3 is 0 Å². The van der Waals surface area contributed by atoms with Gasteiger partial charge in [-0.05, 0) is 74.1 Å². The Morgan fingerprint density at radius 1 is 1.00 bits per heavy atom. The number of nitrogens with zero attached hydrogens (tertiary/aromatic N) is 6. The molecule has 1 unspecified atom stereocenters. The van der Waals surface area contributed by atoms with Crippen LogP contribution in [0.4, 0.5) is 26.1 Å². The number of carbonyl (C=O) groups is 1. The van der Waals surface area contributed by atoms with E-state index in [1.165, 1.54) is 28.7 Å². The van der Waals surface area contributed by atoms with Crippen LogP contribution in [-0.2, 0) is 13.1 Å². The molecule has 10 nitrogen and oxygen atoms in total. The Bertz CT molecular complexity index is 1910. The molecule has 2 aromatic heterocycles. The second-order valence-corrected chi connectivity index (χ2v) is 11.4. The number of benzene rings is 3. The number of fused-ring (bicyclic) bond motifs is 1. The van der Waals surface area contributed by atoms with Crippen molar-refractivity contribution >= 4 is 34.1 Å². The van der Waals surface area contributed by atoms with E-state index in [1.54, 1.807) is 6.20 Å². The molecule has 1 amide bonds. The highest BCUT2D eigenvalue weighted by molar-refractivity contribution is 5.93. The number of hydrogen-bond donors (Lipinski definition) is 2. The molecule has 0 aliphatic carbocycles. The van der Waals surface area contributed by atoms with Crippen LogP contribution in [0.25, 0.3) is 10.9 Å². The number of hydrogen-bond acceptors (Lipinski definition) is 8. The molecule has 3 aromatic carbocycles. The third kappa shape index (κ3) is 6.96. The maximum atomic E-state index is 13.6. The molecule has 0 spiro atoms. The van der Waals surface area contributed by atoms with E-state index < -0.39 is 23.1 Å². The van der Waals surface area contributed by atoms with Gasteiger partial charge in [0, 0.05) is 54.8 Å². The van der Waals surface area contributed by atoms with Crippen molar-refractivity contribution in [2.75, 3.05) is 37.4 Å². The van der Waals surface area contributed by atoms with Crippen molar-refractivity contribution in [2.24, 2.45) is 0 Å². The number of nitrogens with one attached hydrogen (secondary N) is 2. The maximum Gasteiger partial charge on any atom is 0.266 e. The first-order valence-corrected chi connectivity index (χ1v) is 14.5. The summed E-state index contributed by atoms with van der Waals surface area (Å²) in [5.74, 6) is -2.00. The molecule has 0 radical (unpaired) electrons. The maximum absolute atomic E-state index is 13.6. The first-order chi connectivity index (χ1) is 21.7. The summed E-state index contributed by atoms with van der Waals surface area (Å²) in [4.78, 5) is 43.5. The van der Waals surface area contributed by atoms with Crippen molar-refractivity contribution in [1.82, 2.24) is 29.7 Å². The minimum absolute atomic E-state index is 0.0469. The van der Waals surface area contributed by atoms with E-state index in [-0.39, 0.29) is 18.2 Å². The monoisotopic (exact) mass is 610 g/mol. The molecule has 0 saturated carbocycles. The molecule has 1 atom stereocenters. The lowest BCUT2D eigenvalue weighted by Crippen LogP contribution is -2.40. The molecule has 1 aliphatic rings. The van der Waals surface area contributed by atoms with Crippen LogP contribution in [0.3, 0.4) is 0 Å². The molecule has 1 aliphatic heterocycles. The lowest BCUT2D eigenvalue weighted by molar-refractivity contribution is 0.0937. The average Bonchev–Trinajstić information content (AvgIpc) is 3.49. The Morgan fingerprint density at radius 2 is 1.80 bits per heavy atom. The predicted octanol–water partition coefficient (Wildman–Crippen LogP) is 4.33. The van der Waals surface area contributed by atoms with E-state index >= 15 is 0 Å². The summed E-state index contributed by atoms with van der Waals surface area (Å²) in [5, 5.41) is 7.10. The minimum Gasteiger partial charge on any atom is -0.369 e. The van der Waals surface area contributed by atoms with E-state index in [2.05, 4.69) is 47.5 Å². The van der Waals surface area contributed by atoms with Crippen LogP contribution < -0.4 is 21.1 Å². The molecular weight excluding hydrogens is 578 g/mol. The van der Waals surface area contributed by atoms with Crippen LogP contribution in [0.1, 0.15) is 27.9 Å². The number of aromatic nitrogens is 4. The summed E-state index contributed by atoms with van der Waals surface area (Å²) in [6.07, 6.45) is 4.97. The number of carbonyl (C=O) groups excluding carboxylic acids is 1. The summed E-state index contributed by atoms with van der Waals surface area (Å²) in [6, 6.07) is 17.4. The number of rotatable bonds is 9. The lowest BCUT2D eigenvalue weighted by atomic mass is 10.2. The van der Waals surface area contributed by atoms with Gasteiger partial charge in [-0.1, -0.05) is 18.2 Å². The standard InChI is InChI=1S/C33H32F2N8O2/c1-41(2)17-21-3-6-24(7-4-21)39-33-37-15-23-14-26(8-10-30(23)40-33)42-12-11-25(19-42)38-31(44)27-16-36-20-43(32(27)45)18-22-5-9-28(34)29(35)13-22/h3-10,13-16,20,25H,11-12,17-19H2,1-2H3,(H,38,44)(H,37,39,40). The molecule has 5 aromatic rings. The van der Waals surface area contributed by atoms with Crippen LogP contribution in [0, 0.1) is 11.6 Å². The third-order valence-electron chi connectivity index (χ3n) is 7.64. The molecule has 1 saturated heterocycles.